The molecule has 1 heterocycles. The van der Waals surface area contributed by atoms with Gasteiger partial charge in [0.25, 0.3) is 5.91 Å². The predicted molar refractivity (Wildman–Crippen MR) is 203 cm³/mol. The Morgan fingerprint density at radius 2 is 1.42 bits per heavy atom. The Balaban J connectivity index is 1.19. The fraction of sp³-hybridized carbons (Fsp3) is 0.227. The molecule has 0 fully saturated rings. The van der Waals surface area contributed by atoms with Gasteiger partial charge in [0.1, 0.15) is 19.0 Å². The minimum Gasteiger partial charge on any atom is -0.494 e. The Morgan fingerprint density at radius 1 is 0.788 bits per heavy atom. The highest BCUT2D eigenvalue weighted by atomic mass is 16.5. The van der Waals surface area contributed by atoms with Gasteiger partial charge in [-0.2, -0.15) is 0 Å². The molecular weight excluding hydrogens is 652 g/mol. The molecule has 5 aromatic rings. The Hall–Kier alpha value is -5.86. The lowest BCUT2D eigenvalue weighted by Crippen LogP contribution is -2.48. The number of carbonyl (C=O) groups is 1. The van der Waals surface area contributed by atoms with Gasteiger partial charge in [-0.05, 0) is 65.1 Å². The zero-order valence-corrected chi connectivity index (χ0v) is 29.2. The summed E-state index contributed by atoms with van der Waals surface area (Å²) in [5, 5.41) is 12.2. The number of aliphatic hydroxyl groups excluding tert-OH is 1. The molecule has 5 aromatic carbocycles. The van der Waals surface area contributed by atoms with Crippen LogP contribution in [-0.4, -0.2) is 42.2 Å². The van der Waals surface area contributed by atoms with Crippen LogP contribution >= 0.6 is 0 Å². The van der Waals surface area contributed by atoms with E-state index in [-0.39, 0.29) is 18.9 Å². The second-order valence-corrected chi connectivity index (χ2v) is 12.5. The largest absolute Gasteiger partial charge is 0.494 e. The molecule has 52 heavy (non-hydrogen) atoms. The summed E-state index contributed by atoms with van der Waals surface area (Å²) in [5.41, 5.74) is 3.40. The second-order valence-electron chi connectivity index (χ2n) is 12.5. The molecule has 266 valence electrons. The highest BCUT2D eigenvalue weighted by Crippen LogP contribution is 2.42. The van der Waals surface area contributed by atoms with Crippen LogP contribution in [0.1, 0.15) is 46.8 Å². The highest BCUT2D eigenvalue weighted by molar-refractivity contribution is 6.01. The number of aliphatic hydroxyl groups is 1. The Morgan fingerprint density at radius 3 is 2.06 bits per heavy atom. The minimum absolute atomic E-state index is 0.0672. The molecule has 0 aromatic heterocycles. The topological polar surface area (TPSA) is 98.6 Å². The van der Waals surface area contributed by atoms with E-state index in [4.69, 9.17) is 29.0 Å². The molecular formula is C44H44N2O6. The van der Waals surface area contributed by atoms with Crippen molar-refractivity contribution < 1.29 is 28.8 Å². The molecule has 0 spiro atoms. The number of hydrogen-bond acceptors (Lipinski definition) is 7. The summed E-state index contributed by atoms with van der Waals surface area (Å²) in [7, 11) is 0. The van der Waals surface area contributed by atoms with Crippen LogP contribution in [0.15, 0.2) is 151 Å². The van der Waals surface area contributed by atoms with Gasteiger partial charge in [0.05, 0.1) is 6.61 Å². The molecule has 2 N–H and O–H groups in total. The van der Waals surface area contributed by atoms with Gasteiger partial charge in [-0.3, -0.25) is 4.79 Å². The standard InChI is InChI=1S/C44H44N2O6/c1-2-26-44(41(36-17-10-5-11-18-36)52-42(46-44)37-20-22-38(23-21-37)49-29-12-28-47)43(48)45-27-25-33-19-24-39(50-31-34-13-6-3-7-14-34)40(30-33)51-32-35-15-8-4-9-16-35/h2-11,13-24,30,41,47H,1,12,25-29,31-32H2,(H,45,48)/t41-,44-/m1/s1. The van der Waals surface area contributed by atoms with Gasteiger partial charge in [0, 0.05) is 31.6 Å². The number of hydrogen-bond donors (Lipinski definition) is 2. The highest BCUT2D eigenvalue weighted by Gasteiger charge is 2.52. The number of aliphatic imine (C=N–C) groups is 1. The molecule has 8 nitrogen and oxygen atoms in total. The summed E-state index contributed by atoms with van der Waals surface area (Å²) in [5.74, 6) is 2.09. The molecule has 1 amide bonds. The molecule has 0 radical (unpaired) electrons. The third-order valence-electron chi connectivity index (χ3n) is 8.77. The maximum atomic E-state index is 14.3. The maximum absolute atomic E-state index is 14.3. The molecule has 0 bridgehead atoms. The van der Waals surface area contributed by atoms with Gasteiger partial charge in [0.2, 0.25) is 5.90 Å². The fourth-order valence-electron chi connectivity index (χ4n) is 6.05. The van der Waals surface area contributed by atoms with E-state index in [9.17, 15) is 4.79 Å². The van der Waals surface area contributed by atoms with Crippen molar-refractivity contribution in [2.75, 3.05) is 19.8 Å². The first kappa shape index (κ1) is 35.9. The molecule has 0 saturated carbocycles. The van der Waals surface area contributed by atoms with Gasteiger partial charge in [-0.25, -0.2) is 4.99 Å². The van der Waals surface area contributed by atoms with Gasteiger partial charge < -0.3 is 29.4 Å². The van der Waals surface area contributed by atoms with Crippen LogP contribution in [0, 0.1) is 0 Å². The number of carbonyl (C=O) groups excluding carboxylic acids is 1. The van der Waals surface area contributed by atoms with Crippen molar-refractivity contribution >= 4 is 11.8 Å². The number of nitrogens with one attached hydrogen (secondary N) is 1. The molecule has 8 heteroatoms. The summed E-state index contributed by atoms with van der Waals surface area (Å²) in [4.78, 5) is 19.3. The fourth-order valence-corrected chi connectivity index (χ4v) is 6.05. The second kappa shape index (κ2) is 17.9. The van der Waals surface area contributed by atoms with Gasteiger partial charge in [-0.15, -0.1) is 6.58 Å². The van der Waals surface area contributed by atoms with Crippen molar-refractivity contribution in [3.8, 4) is 17.2 Å². The van der Waals surface area contributed by atoms with Crippen LogP contribution in [-0.2, 0) is 29.2 Å². The monoisotopic (exact) mass is 696 g/mol. The number of nitrogens with zero attached hydrogens (tertiary/aromatic N) is 1. The van der Waals surface area contributed by atoms with Crippen molar-refractivity contribution in [2.45, 2.75) is 44.1 Å². The molecule has 1 aliphatic rings. The van der Waals surface area contributed by atoms with Crippen LogP contribution in [0.4, 0.5) is 0 Å². The van der Waals surface area contributed by atoms with Gasteiger partial charge in [0.15, 0.2) is 23.1 Å². The molecule has 0 saturated heterocycles. The van der Waals surface area contributed by atoms with Crippen LogP contribution < -0.4 is 19.5 Å². The van der Waals surface area contributed by atoms with Crippen molar-refractivity contribution in [1.82, 2.24) is 5.32 Å². The van der Waals surface area contributed by atoms with Gasteiger partial charge in [-0.1, -0.05) is 103 Å². The van der Waals surface area contributed by atoms with E-state index in [1.54, 1.807) is 6.08 Å². The normalized spacial score (nSPS) is 16.3. The molecule has 1 aliphatic heterocycles. The van der Waals surface area contributed by atoms with Gasteiger partial charge >= 0.3 is 0 Å². The van der Waals surface area contributed by atoms with E-state index in [0.717, 1.165) is 27.8 Å². The van der Waals surface area contributed by atoms with E-state index in [1.165, 1.54) is 0 Å². The lowest BCUT2D eigenvalue weighted by atomic mass is 9.84. The summed E-state index contributed by atoms with van der Waals surface area (Å²) in [6, 6.07) is 43.0. The first-order valence-corrected chi connectivity index (χ1v) is 17.6. The first-order valence-electron chi connectivity index (χ1n) is 17.6. The quantitative estimate of drug-likeness (QED) is 0.0717. The van der Waals surface area contributed by atoms with Crippen LogP contribution in [0.2, 0.25) is 0 Å². The zero-order valence-electron chi connectivity index (χ0n) is 29.2. The van der Waals surface area contributed by atoms with E-state index >= 15 is 0 Å². The lowest BCUT2D eigenvalue weighted by Gasteiger charge is -2.29. The number of benzene rings is 5. The molecule has 2 atom stereocenters. The Bertz CT molecular complexity index is 1920. The average molecular weight is 697 g/mol. The average Bonchev–Trinajstić information content (AvgIpc) is 3.59. The number of rotatable bonds is 18. The van der Waals surface area contributed by atoms with Crippen molar-refractivity contribution in [1.29, 1.82) is 0 Å². The Labute approximate surface area is 305 Å². The zero-order chi connectivity index (χ0) is 36.0. The van der Waals surface area contributed by atoms with Crippen molar-refractivity contribution in [3.63, 3.8) is 0 Å². The SMILES string of the molecule is C=CC[C@@]1(C(=O)NCCc2ccc(OCc3ccccc3)c(OCc3ccccc3)c2)N=C(c2ccc(OCCCO)cc2)O[C@@H]1c1ccccc1. The third-order valence-corrected chi connectivity index (χ3v) is 8.77. The van der Waals surface area contributed by atoms with Crippen molar-refractivity contribution in [3.05, 3.63) is 174 Å². The molecule has 0 unspecified atom stereocenters. The minimum atomic E-state index is -1.27. The maximum Gasteiger partial charge on any atom is 0.252 e. The number of ether oxygens (including phenoxy) is 4. The lowest BCUT2D eigenvalue weighted by molar-refractivity contribution is -0.128. The van der Waals surface area contributed by atoms with Crippen LogP contribution in [0.5, 0.6) is 17.2 Å². The number of amides is 1. The Kier molecular flexibility index (Phi) is 12.4. The van der Waals surface area contributed by atoms with Crippen LogP contribution in [0.25, 0.3) is 0 Å². The summed E-state index contributed by atoms with van der Waals surface area (Å²) in [6.45, 7) is 5.64. The summed E-state index contributed by atoms with van der Waals surface area (Å²) >= 11 is 0. The predicted octanol–water partition coefficient (Wildman–Crippen LogP) is 7.80. The first-order chi connectivity index (χ1) is 25.6. The van der Waals surface area contributed by atoms with E-state index in [1.807, 2.05) is 133 Å². The summed E-state index contributed by atoms with van der Waals surface area (Å²) in [6.07, 6.45) is 2.43. The molecule has 6 rings (SSSR count). The third kappa shape index (κ3) is 9.08. The van der Waals surface area contributed by atoms with E-state index < -0.39 is 11.6 Å². The molecule has 0 aliphatic carbocycles. The van der Waals surface area contributed by atoms with E-state index in [0.29, 0.717) is 62.4 Å². The summed E-state index contributed by atoms with van der Waals surface area (Å²) < 4.78 is 24.7. The van der Waals surface area contributed by atoms with Crippen LogP contribution in [0.3, 0.4) is 0 Å². The van der Waals surface area contributed by atoms with Crippen molar-refractivity contribution in [2.24, 2.45) is 4.99 Å². The van der Waals surface area contributed by atoms with E-state index in [2.05, 4.69) is 11.9 Å². The smallest absolute Gasteiger partial charge is 0.252 e.